The average molecular weight is 476 g/mol. The van der Waals surface area contributed by atoms with E-state index in [0.717, 1.165) is 22.0 Å². The number of hydrogen-bond acceptors (Lipinski definition) is 9. The molecular formula is C25H29N7OS. The second-order valence-corrected chi connectivity index (χ2v) is 10.4. The minimum absolute atomic E-state index is 0.125. The second kappa shape index (κ2) is 9.11. The molecule has 3 aromatic rings. The SMILES string of the molecule is CSc1cc(-c2ccc(-c3ncc(N(C4CC4)[C@@H]4C[C@H]5CCC[C@@H](C4)N5)nn3)c(O)c2)cnn1. The van der Waals surface area contributed by atoms with Gasteiger partial charge in [-0.2, -0.15) is 5.10 Å². The molecule has 4 heterocycles. The number of piperidine rings is 2. The molecule has 0 radical (unpaired) electrons. The van der Waals surface area contributed by atoms with E-state index in [9.17, 15) is 5.11 Å². The Morgan fingerprint density at radius 1 is 0.941 bits per heavy atom. The highest BCUT2D eigenvalue weighted by atomic mass is 32.2. The molecule has 0 amide bonds. The van der Waals surface area contributed by atoms with Gasteiger partial charge in [0.05, 0.1) is 18.0 Å². The zero-order chi connectivity index (χ0) is 23.1. The Morgan fingerprint density at radius 3 is 2.44 bits per heavy atom. The summed E-state index contributed by atoms with van der Waals surface area (Å²) in [4.78, 5) is 7.11. The van der Waals surface area contributed by atoms with Gasteiger partial charge in [-0.25, -0.2) is 4.98 Å². The fourth-order valence-electron chi connectivity index (χ4n) is 5.50. The predicted molar refractivity (Wildman–Crippen MR) is 133 cm³/mol. The fourth-order valence-corrected chi connectivity index (χ4v) is 5.88. The Kier molecular flexibility index (Phi) is 5.82. The van der Waals surface area contributed by atoms with Gasteiger partial charge in [-0.3, -0.25) is 0 Å². The van der Waals surface area contributed by atoms with Crippen molar-refractivity contribution in [1.29, 1.82) is 0 Å². The van der Waals surface area contributed by atoms with E-state index in [-0.39, 0.29) is 5.75 Å². The first-order valence-corrected chi connectivity index (χ1v) is 13.3. The number of thioether (sulfide) groups is 1. The Labute approximate surface area is 203 Å². The van der Waals surface area contributed by atoms with E-state index < -0.39 is 0 Å². The summed E-state index contributed by atoms with van der Waals surface area (Å²) in [6.07, 6.45) is 14.2. The molecule has 2 aromatic heterocycles. The zero-order valence-electron chi connectivity index (χ0n) is 19.3. The van der Waals surface area contributed by atoms with Crippen molar-refractivity contribution in [3.05, 3.63) is 36.7 Å². The van der Waals surface area contributed by atoms with Gasteiger partial charge < -0.3 is 15.3 Å². The Balaban J connectivity index is 1.24. The molecule has 0 spiro atoms. The van der Waals surface area contributed by atoms with Crippen LogP contribution in [0.5, 0.6) is 5.75 Å². The number of aromatic nitrogens is 5. The van der Waals surface area contributed by atoms with Gasteiger partial charge >= 0.3 is 0 Å². The average Bonchev–Trinajstić information content (AvgIpc) is 3.70. The lowest BCUT2D eigenvalue weighted by Crippen LogP contribution is -2.55. The molecule has 3 atom stereocenters. The highest BCUT2D eigenvalue weighted by Crippen LogP contribution is 2.38. The van der Waals surface area contributed by atoms with Crippen LogP contribution in [0.1, 0.15) is 44.9 Å². The molecule has 1 saturated carbocycles. The van der Waals surface area contributed by atoms with Crippen molar-refractivity contribution in [2.24, 2.45) is 0 Å². The molecule has 1 aromatic carbocycles. The third-order valence-electron chi connectivity index (χ3n) is 7.25. The summed E-state index contributed by atoms with van der Waals surface area (Å²) in [5.41, 5.74) is 2.35. The molecule has 1 aliphatic carbocycles. The molecule has 2 saturated heterocycles. The van der Waals surface area contributed by atoms with Crippen molar-refractivity contribution in [3.63, 3.8) is 0 Å². The van der Waals surface area contributed by atoms with Crippen LogP contribution in [0.3, 0.4) is 0 Å². The third-order valence-corrected chi connectivity index (χ3v) is 7.87. The highest BCUT2D eigenvalue weighted by molar-refractivity contribution is 7.98. The predicted octanol–water partition coefficient (Wildman–Crippen LogP) is 4.07. The lowest BCUT2D eigenvalue weighted by Gasteiger charge is -2.45. The molecule has 176 valence electrons. The van der Waals surface area contributed by atoms with Gasteiger partial charge in [0.2, 0.25) is 0 Å². The van der Waals surface area contributed by atoms with Crippen LogP contribution in [-0.2, 0) is 0 Å². The van der Waals surface area contributed by atoms with E-state index in [2.05, 4.69) is 35.6 Å². The van der Waals surface area contributed by atoms with Crippen molar-refractivity contribution in [1.82, 2.24) is 30.7 Å². The smallest absolute Gasteiger partial charge is 0.185 e. The van der Waals surface area contributed by atoms with Crippen molar-refractivity contribution < 1.29 is 5.11 Å². The van der Waals surface area contributed by atoms with Gasteiger partial charge in [0.15, 0.2) is 11.6 Å². The summed E-state index contributed by atoms with van der Waals surface area (Å²) in [5, 5.41) is 32.5. The number of rotatable bonds is 6. The summed E-state index contributed by atoms with van der Waals surface area (Å²) < 4.78 is 0. The maximum absolute atomic E-state index is 10.7. The molecular weight excluding hydrogens is 446 g/mol. The minimum Gasteiger partial charge on any atom is -0.507 e. The maximum Gasteiger partial charge on any atom is 0.185 e. The van der Waals surface area contributed by atoms with Crippen molar-refractivity contribution in [2.75, 3.05) is 11.2 Å². The summed E-state index contributed by atoms with van der Waals surface area (Å²) >= 11 is 1.53. The second-order valence-electron chi connectivity index (χ2n) is 9.61. The first-order chi connectivity index (χ1) is 16.7. The molecule has 2 bridgehead atoms. The normalized spacial score (nSPS) is 24.1. The fraction of sp³-hybridized carbons (Fsp3) is 0.480. The van der Waals surface area contributed by atoms with Crippen molar-refractivity contribution in [2.45, 2.75) is 74.1 Å². The lowest BCUT2D eigenvalue weighted by molar-refractivity contribution is 0.215. The summed E-state index contributed by atoms with van der Waals surface area (Å²) in [5.74, 6) is 1.42. The quantitative estimate of drug-likeness (QED) is 0.511. The molecule has 3 fully saturated rings. The van der Waals surface area contributed by atoms with Crippen LogP contribution in [-0.4, -0.2) is 60.9 Å². The Morgan fingerprint density at radius 2 is 1.76 bits per heavy atom. The Hall–Kier alpha value is -2.78. The van der Waals surface area contributed by atoms with Crippen LogP contribution in [0, 0.1) is 0 Å². The van der Waals surface area contributed by atoms with Crippen LogP contribution in [0.4, 0.5) is 5.82 Å². The van der Waals surface area contributed by atoms with E-state index in [0.29, 0.717) is 35.6 Å². The monoisotopic (exact) mass is 475 g/mol. The standard InChI is InChI=1S/C25H29N7OS/c1-34-24-10-16(13-27-30-24)15-5-8-21(22(33)9-15)25-26-14-23(29-31-25)32(19-6-7-19)20-11-17-3-2-4-18(12-20)28-17/h5,8-10,13-14,17-20,28,33H,2-4,6-7,11-12H2,1H3/t17-,18+,20-. The van der Waals surface area contributed by atoms with Crippen molar-refractivity contribution in [3.8, 4) is 28.3 Å². The van der Waals surface area contributed by atoms with Gasteiger partial charge in [0.1, 0.15) is 10.8 Å². The number of hydrogen-bond donors (Lipinski definition) is 2. The summed E-state index contributed by atoms with van der Waals surface area (Å²) in [6.45, 7) is 0. The molecule has 2 aliphatic heterocycles. The van der Waals surface area contributed by atoms with Gasteiger partial charge in [-0.05, 0) is 68.5 Å². The van der Waals surface area contributed by atoms with E-state index >= 15 is 0 Å². The van der Waals surface area contributed by atoms with Gasteiger partial charge in [0, 0.05) is 29.7 Å². The summed E-state index contributed by atoms with van der Waals surface area (Å²) in [7, 11) is 0. The minimum atomic E-state index is 0.125. The van der Waals surface area contributed by atoms with Crippen LogP contribution in [0.2, 0.25) is 0 Å². The molecule has 3 aliphatic rings. The lowest BCUT2D eigenvalue weighted by atomic mass is 9.83. The number of anilines is 1. The van der Waals surface area contributed by atoms with Gasteiger partial charge in [0.25, 0.3) is 0 Å². The van der Waals surface area contributed by atoms with Crippen molar-refractivity contribution >= 4 is 17.6 Å². The van der Waals surface area contributed by atoms with Crippen LogP contribution >= 0.6 is 11.8 Å². The number of phenolic OH excluding ortho intramolecular Hbond substituents is 1. The topological polar surface area (TPSA) is 100.0 Å². The number of nitrogens with one attached hydrogen (secondary N) is 1. The summed E-state index contributed by atoms with van der Waals surface area (Å²) in [6, 6.07) is 9.76. The van der Waals surface area contributed by atoms with Crippen LogP contribution < -0.4 is 10.2 Å². The van der Waals surface area contributed by atoms with Crippen LogP contribution in [0.25, 0.3) is 22.5 Å². The van der Waals surface area contributed by atoms with E-state index in [1.165, 1.54) is 56.7 Å². The number of fused-ring (bicyclic) bond motifs is 2. The first-order valence-electron chi connectivity index (χ1n) is 12.1. The molecule has 6 rings (SSSR count). The number of aromatic hydroxyl groups is 1. The zero-order valence-corrected chi connectivity index (χ0v) is 20.1. The molecule has 34 heavy (non-hydrogen) atoms. The van der Waals surface area contributed by atoms with E-state index in [1.54, 1.807) is 12.3 Å². The maximum atomic E-state index is 10.7. The molecule has 8 nitrogen and oxygen atoms in total. The van der Waals surface area contributed by atoms with E-state index in [4.69, 9.17) is 0 Å². The van der Waals surface area contributed by atoms with Crippen LogP contribution in [0.15, 0.2) is 41.7 Å². The first kappa shape index (κ1) is 21.7. The van der Waals surface area contributed by atoms with Gasteiger partial charge in [-0.15, -0.1) is 27.1 Å². The number of benzene rings is 1. The highest BCUT2D eigenvalue weighted by Gasteiger charge is 2.40. The van der Waals surface area contributed by atoms with E-state index in [1.807, 2.05) is 30.7 Å². The number of nitrogens with zero attached hydrogens (tertiary/aromatic N) is 6. The third kappa shape index (κ3) is 4.34. The molecule has 0 unspecified atom stereocenters. The molecule has 2 N–H and O–H groups in total. The molecule has 9 heteroatoms. The Bertz CT molecular complexity index is 1160. The largest absolute Gasteiger partial charge is 0.507 e. The number of phenols is 1. The van der Waals surface area contributed by atoms with Gasteiger partial charge in [-0.1, -0.05) is 12.5 Å².